The topological polar surface area (TPSA) is 71.4 Å². The van der Waals surface area contributed by atoms with Crippen molar-refractivity contribution in [1.29, 1.82) is 0 Å². The van der Waals surface area contributed by atoms with E-state index < -0.39 is 15.8 Å². The van der Waals surface area contributed by atoms with E-state index >= 15 is 0 Å². The third-order valence-electron chi connectivity index (χ3n) is 2.37. The molecule has 0 fully saturated rings. The van der Waals surface area contributed by atoms with E-state index in [0.29, 0.717) is 5.57 Å². The van der Waals surface area contributed by atoms with Gasteiger partial charge in [0.25, 0.3) is 0 Å². The van der Waals surface area contributed by atoms with Crippen LogP contribution in [0.2, 0.25) is 10.0 Å². The largest absolute Gasteiger partial charge is 0.478 e. The molecule has 0 aliphatic rings. The molecule has 0 bridgehead atoms. The fourth-order valence-corrected chi connectivity index (χ4v) is 3.72. The average molecular weight is 323 g/mol. The van der Waals surface area contributed by atoms with Crippen molar-refractivity contribution in [3.8, 4) is 0 Å². The van der Waals surface area contributed by atoms with Gasteiger partial charge in [-0.1, -0.05) is 28.8 Å². The highest BCUT2D eigenvalue weighted by atomic mass is 35.5. The summed E-state index contributed by atoms with van der Waals surface area (Å²) in [6, 6.07) is 2.27. The number of halogens is 2. The standard InChI is InChI=1S/C12H12Cl2O4S/c1-7(2)3-4-19(17,18)10-6-8(13)5-9(11(10)14)12(15)16/h5-6H,1,3-4H2,2H3,(H,15,16). The summed E-state index contributed by atoms with van der Waals surface area (Å²) < 4.78 is 24.2. The van der Waals surface area contributed by atoms with Crippen LogP contribution in [0.15, 0.2) is 29.2 Å². The number of rotatable bonds is 5. The first-order valence-corrected chi connectivity index (χ1v) is 7.65. The lowest BCUT2D eigenvalue weighted by atomic mass is 10.2. The van der Waals surface area contributed by atoms with Gasteiger partial charge in [0.1, 0.15) is 0 Å². The van der Waals surface area contributed by atoms with Crippen molar-refractivity contribution in [2.45, 2.75) is 18.2 Å². The molecule has 4 nitrogen and oxygen atoms in total. The van der Waals surface area contributed by atoms with Gasteiger partial charge >= 0.3 is 5.97 Å². The minimum atomic E-state index is -3.71. The number of benzene rings is 1. The van der Waals surface area contributed by atoms with Gasteiger partial charge in [-0.2, -0.15) is 0 Å². The Bertz CT molecular complexity index is 635. The third-order valence-corrected chi connectivity index (χ3v) is 4.84. The van der Waals surface area contributed by atoms with Crippen LogP contribution in [0.5, 0.6) is 0 Å². The first-order chi connectivity index (χ1) is 8.65. The maximum absolute atomic E-state index is 12.1. The molecule has 0 saturated heterocycles. The molecule has 0 amide bonds. The molecule has 1 aromatic rings. The van der Waals surface area contributed by atoms with Crippen LogP contribution in [0.25, 0.3) is 0 Å². The van der Waals surface area contributed by atoms with Gasteiger partial charge in [-0.15, -0.1) is 6.58 Å². The molecule has 0 aromatic heterocycles. The molecule has 0 aliphatic heterocycles. The molecule has 1 rings (SSSR count). The van der Waals surface area contributed by atoms with Crippen LogP contribution in [0.3, 0.4) is 0 Å². The van der Waals surface area contributed by atoms with Crippen molar-refractivity contribution >= 4 is 39.0 Å². The van der Waals surface area contributed by atoms with Crippen LogP contribution in [-0.4, -0.2) is 25.2 Å². The first-order valence-electron chi connectivity index (χ1n) is 5.24. The van der Waals surface area contributed by atoms with E-state index in [1.165, 1.54) is 0 Å². The molecule has 0 heterocycles. The molecule has 0 spiro atoms. The summed E-state index contributed by atoms with van der Waals surface area (Å²) in [6.07, 6.45) is 0.271. The number of allylic oxidation sites excluding steroid dienone is 1. The second-order valence-corrected chi connectivity index (χ2v) is 6.99. The van der Waals surface area contributed by atoms with Gasteiger partial charge in [0.2, 0.25) is 0 Å². The maximum atomic E-state index is 12.1. The molecule has 0 aliphatic carbocycles. The number of carbonyl (C=O) groups is 1. The molecule has 0 unspecified atom stereocenters. The van der Waals surface area contributed by atoms with Crippen molar-refractivity contribution in [2.75, 3.05) is 5.75 Å². The predicted molar refractivity (Wildman–Crippen MR) is 74.9 cm³/mol. The molecule has 0 saturated carbocycles. The number of sulfone groups is 1. The summed E-state index contributed by atoms with van der Waals surface area (Å²) in [5.41, 5.74) is 0.378. The molecule has 1 N–H and O–H groups in total. The Morgan fingerprint density at radius 2 is 1.95 bits per heavy atom. The zero-order valence-electron chi connectivity index (χ0n) is 10.1. The Balaban J connectivity index is 3.34. The maximum Gasteiger partial charge on any atom is 0.337 e. The van der Waals surface area contributed by atoms with Gasteiger partial charge in [0.05, 0.1) is 21.2 Å². The van der Waals surface area contributed by atoms with E-state index in [4.69, 9.17) is 28.3 Å². The Kier molecular flexibility index (Phi) is 5.01. The van der Waals surface area contributed by atoms with E-state index in [1.54, 1.807) is 6.92 Å². The molecular formula is C12H12Cl2O4S. The number of hydrogen-bond donors (Lipinski definition) is 1. The van der Waals surface area contributed by atoms with Gasteiger partial charge < -0.3 is 5.11 Å². The van der Waals surface area contributed by atoms with E-state index in [1.807, 2.05) is 0 Å². The van der Waals surface area contributed by atoms with E-state index in [2.05, 4.69) is 6.58 Å². The average Bonchev–Trinajstić information content (AvgIpc) is 2.28. The zero-order chi connectivity index (χ0) is 14.8. The molecule has 104 valence electrons. The smallest absolute Gasteiger partial charge is 0.337 e. The number of carboxylic acid groups (broad SMARTS) is 1. The highest BCUT2D eigenvalue weighted by molar-refractivity contribution is 7.91. The highest BCUT2D eigenvalue weighted by Gasteiger charge is 2.23. The highest BCUT2D eigenvalue weighted by Crippen LogP contribution is 2.30. The summed E-state index contributed by atoms with van der Waals surface area (Å²) in [5.74, 6) is -1.52. The van der Waals surface area contributed by atoms with Crippen molar-refractivity contribution in [3.63, 3.8) is 0 Å². The minimum Gasteiger partial charge on any atom is -0.478 e. The first kappa shape index (κ1) is 16.0. The van der Waals surface area contributed by atoms with Gasteiger partial charge in [0, 0.05) is 5.02 Å². The number of hydrogen-bond acceptors (Lipinski definition) is 3. The molecular weight excluding hydrogens is 311 g/mol. The van der Waals surface area contributed by atoms with Crippen molar-refractivity contribution in [1.82, 2.24) is 0 Å². The van der Waals surface area contributed by atoms with Gasteiger partial charge in [0.15, 0.2) is 9.84 Å². The molecule has 7 heteroatoms. The van der Waals surface area contributed by atoms with Crippen molar-refractivity contribution in [2.24, 2.45) is 0 Å². The Morgan fingerprint density at radius 3 is 2.42 bits per heavy atom. The Labute approximate surface area is 121 Å². The van der Waals surface area contributed by atoms with Crippen LogP contribution in [0.1, 0.15) is 23.7 Å². The van der Waals surface area contributed by atoms with Crippen LogP contribution in [-0.2, 0) is 9.84 Å². The monoisotopic (exact) mass is 322 g/mol. The van der Waals surface area contributed by atoms with Crippen LogP contribution >= 0.6 is 23.2 Å². The lowest BCUT2D eigenvalue weighted by Gasteiger charge is -2.09. The summed E-state index contributed by atoms with van der Waals surface area (Å²) in [4.78, 5) is 10.7. The quantitative estimate of drug-likeness (QED) is 0.843. The fraction of sp³-hybridized carbons (Fsp3) is 0.250. The van der Waals surface area contributed by atoms with Crippen LogP contribution in [0, 0.1) is 0 Å². The van der Waals surface area contributed by atoms with E-state index in [0.717, 1.165) is 12.1 Å². The normalized spacial score (nSPS) is 11.3. The number of aromatic carboxylic acids is 1. The lowest BCUT2D eigenvalue weighted by Crippen LogP contribution is -2.10. The molecule has 1 aromatic carbocycles. The molecule has 0 radical (unpaired) electrons. The van der Waals surface area contributed by atoms with Crippen molar-refractivity contribution in [3.05, 3.63) is 39.9 Å². The molecule has 0 atom stereocenters. The Morgan fingerprint density at radius 1 is 1.37 bits per heavy atom. The predicted octanol–water partition coefficient (Wildman–Crippen LogP) is 3.43. The lowest BCUT2D eigenvalue weighted by molar-refractivity contribution is 0.0697. The Hall–Kier alpha value is -1.04. The summed E-state index contributed by atoms with van der Waals surface area (Å²) in [7, 11) is -3.71. The summed E-state index contributed by atoms with van der Waals surface area (Å²) >= 11 is 11.6. The second kappa shape index (κ2) is 5.94. The zero-order valence-corrected chi connectivity index (χ0v) is 12.4. The van der Waals surface area contributed by atoms with Gasteiger partial charge in [-0.05, 0) is 25.5 Å². The number of carboxylic acids is 1. The SMILES string of the molecule is C=C(C)CCS(=O)(=O)c1cc(Cl)cc(C(=O)O)c1Cl. The van der Waals surface area contributed by atoms with Gasteiger partial charge in [-0.25, -0.2) is 13.2 Å². The van der Waals surface area contributed by atoms with E-state index in [9.17, 15) is 13.2 Å². The minimum absolute atomic E-state index is 0.00991. The fourth-order valence-electron chi connectivity index (χ4n) is 1.36. The van der Waals surface area contributed by atoms with Crippen LogP contribution < -0.4 is 0 Å². The third kappa shape index (κ3) is 3.96. The summed E-state index contributed by atoms with van der Waals surface area (Å²) in [5, 5.41) is 8.64. The van der Waals surface area contributed by atoms with Crippen LogP contribution in [0.4, 0.5) is 0 Å². The van der Waals surface area contributed by atoms with E-state index in [-0.39, 0.29) is 32.7 Å². The second-order valence-electron chi connectivity index (χ2n) is 4.10. The summed E-state index contributed by atoms with van der Waals surface area (Å²) in [6.45, 7) is 5.33. The van der Waals surface area contributed by atoms with Crippen molar-refractivity contribution < 1.29 is 18.3 Å². The molecule has 19 heavy (non-hydrogen) atoms. The van der Waals surface area contributed by atoms with Gasteiger partial charge in [-0.3, -0.25) is 0 Å².